The van der Waals surface area contributed by atoms with Crippen LogP contribution in [0.15, 0.2) is 34.9 Å². The van der Waals surface area contributed by atoms with E-state index in [1.165, 1.54) is 12.1 Å². The molecule has 1 aliphatic rings. The molecule has 0 spiro atoms. The molecule has 2 heterocycles. The lowest BCUT2D eigenvalue weighted by Crippen LogP contribution is -2.48. The van der Waals surface area contributed by atoms with E-state index >= 15 is 0 Å². The van der Waals surface area contributed by atoms with Crippen LogP contribution in [0.1, 0.15) is 29.3 Å². The molecule has 0 saturated heterocycles. The molecule has 1 aliphatic heterocycles. The van der Waals surface area contributed by atoms with Gasteiger partial charge >= 0.3 is 0 Å². The van der Waals surface area contributed by atoms with Crippen LogP contribution in [0.5, 0.6) is 0 Å². The molecule has 9 nitrogen and oxygen atoms in total. The molecule has 4 rings (SSSR count). The van der Waals surface area contributed by atoms with Gasteiger partial charge in [0.05, 0.1) is 18.8 Å². The number of nitrogens with one attached hydrogen (secondary N) is 2. The zero-order valence-electron chi connectivity index (χ0n) is 21.2. The van der Waals surface area contributed by atoms with E-state index in [1.807, 2.05) is 37.9 Å². The first-order valence-electron chi connectivity index (χ1n) is 12.1. The average Bonchev–Trinajstić information content (AvgIpc) is 3.43. The highest BCUT2D eigenvalue weighted by Crippen LogP contribution is 2.29. The highest BCUT2D eigenvalue weighted by molar-refractivity contribution is 5.90. The Balaban J connectivity index is 1.52. The number of nitrogens with zero attached hydrogens (tertiary/aromatic N) is 4. The number of hydrogen-bond acceptors (Lipinski definition) is 7. The first-order chi connectivity index (χ1) is 17.3. The summed E-state index contributed by atoms with van der Waals surface area (Å²) in [7, 11) is 1.71. The van der Waals surface area contributed by atoms with Crippen molar-refractivity contribution in [1.29, 1.82) is 0 Å². The van der Waals surface area contributed by atoms with Crippen molar-refractivity contribution in [3.63, 3.8) is 0 Å². The van der Waals surface area contributed by atoms with E-state index in [9.17, 15) is 14.0 Å². The van der Waals surface area contributed by atoms with Gasteiger partial charge in [-0.15, -0.1) is 0 Å². The molecule has 192 valence electrons. The van der Waals surface area contributed by atoms with E-state index in [2.05, 4.69) is 15.8 Å². The van der Waals surface area contributed by atoms with Crippen LogP contribution < -0.4 is 15.5 Å². The maximum atomic E-state index is 13.7. The van der Waals surface area contributed by atoms with Crippen molar-refractivity contribution < 1.29 is 18.5 Å². The quantitative estimate of drug-likeness (QED) is 0.417. The van der Waals surface area contributed by atoms with Crippen LogP contribution in [0.4, 0.5) is 10.1 Å². The van der Waals surface area contributed by atoms with Gasteiger partial charge in [0, 0.05) is 44.3 Å². The van der Waals surface area contributed by atoms with E-state index < -0.39 is 0 Å². The zero-order valence-corrected chi connectivity index (χ0v) is 21.2. The van der Waals surface area contributed by atoms with Gasteiger partial charge in [-0.3, -0.25) is 14.6 Å². The summed E-state index contributed by atoms with van der Waals surface area (Å²) in [5.74, 6) is -0.634. The zero-order chi connectivity index (χ0) is 25.8. The summed E-state index contributed by atoms with van der Waals surface area (Å²) >= 11 is 0. The summed E-state index contributed by atoms with van der Waals surface area (Å²) in [5.41, 5.74) is 4.91. The third-order valence-electron chi connectivity index (χ3n) is 6.50. The number of rotatable bonds is 10. The molecule has 10 heteroatoms. The minimum absolute atomic E-state index is 0.00495. The molecule has 36 heavy (non-hydrogen) atoms. The number of aryl methyl sites for hydroxylation is 2. The largest absolute Gasteiger partial charge is 0.356 e. The van der Waals surface area contributed by atoms with Gasteiger partial charge in [0.1, 0.15) is 5.82 Å². The van der Waals surface area contributed by atoms with Gasteiger partial charge in [-0.25, -0.2) is 9.40 Å². The Morgan fingerprint density at radius 2 is 1.89 bits per heavy atom. The maximum Gasteiger partial charge on any atom is 0.256 e. The van der Waals surface area contributed by atoms with Gasteiger partial charge in [0.2, 0.25) is 5.91 Å². The molecule has 0 fully saturated rings. The highest BCUT2D eigenvalue weighted by Gasteiger charge is 2.27. The normalized spacial score (nSPS) is 13.1. The summed E-state index contributed by atoms with van der Waals surface area (Å²) < 4.78 is 19.0. The Bertz CT molecular complexity index is 1260. The summed E-state index contributed by atoms with van der Waals surface area (Å²) in [6, 6.07) is 8.50. The van der Waals surface area contributed by atoms with E-state index in [-0.39, 0.29) is 30.7 Å². The Labute approximate surface area is 210 Å². The summed E-state index contributed by atoms with van der Waals surface area (Å²) in [4.78, 5) is 28.0. The molecule has 0 aliphatic carbocycles. The van der Waals surface area contributed by atoms with Crippen LogP contribution in [-0.2, 0) is 22.7 Å². The fourth-order valence-corrected chi connectivity index (χ4v) is 4.44. The molecule has 0 bridgehead atoms. The second-order valence-corrected chi connectivity index (χ2v) is 9.12. The van der Waals surface area contributed by atoms with Crippen LogP contribution >= 0.6 is 0 Å². The Morgan fingerprint density at radius 3 is 2.67 bits per heavy atom. The number of carbonyl (C=O) groups is 2. The predicted octanol–water partition coefficient (Wildman–Crippen LogP) is 2.51. The molecule has 0 atom stereocenters. The van der Waals surface area contributed by atoms with E-state index in [0.717, 1.165) is 40.0 Å². The fourth-order valence-electron chi connectivity index (χ4n) is 4.44. The number of fused-ring (bicyclic) bond motifs is 2. The third kappa shape index (κ3) is 5.66. The highest BCUT2D eigenvalue weighted by atomic mass is 19.1. The molecule has 0 radical (unpaired) electrons. The van der Waals surface area contributed by atoms with Gasteiger partial charge in [0.25, 0.3) is 5.91 Å². The maximum absolute atomic E-state index is 13.7. The number of likely N-dealkylation sites (N-methyl/N-ethyl adjacent to an activating group) is 2. The van der Waals surface area contributed by atoms with Crippen LogP contribution in [-0.4, -0.2) is 66.8 Å². The fraction of sp³-hybridized carbons (Fsp3) is 0.423. The first kappa shape index (κ1) is 25.6. The lowest BCUT2D eigenvalue weighted by Gasteiger charge is -2.32. The first-order valence-corrected chi connectivity index (χ1v) is 12.1. The topological polar surface area (TPSA) is 93.9 Å². The minimum Gasteiger partial charge on any atom is -0.356 e. The molecule has 0 unspecified atom stereocenters. The van der Waals surface area contributed by atoms with Crippen LogP contribution in [0.2, 0.25) is 0 Å². The molecular weight excluding hydrogens is 463 g/mol. The van der Waals surface area contributed by atoms with Gasteiger partial charge in [-0.05, 0) is 61.3 Å². The van der Waals surface area contributed by atoms with E-state index in [0.29, 0.717) is 31.8 Å². The molecule has 2 aromatic carbocycles. The van der Waals surface area contributed by atoms with Gasteiger partial charge in [-0.2, -0.15) is 0 Å². The number of benzene rings is 2. The number of hydrazine groups is 1. The molecular formula is C26H33FN6O3. The number of anilines is 1. The number of carbonyl (C=O) groups excluding carboxylic acids is 2. The molecule has 1 aromatic heterocycles. The minimum atomic E-state index is -0.286. The predicted molar refractivity (Wildman–Crippen MR) is 136 cm³/mol. The van der Waals surface area contributed by atoms with Crippen molar-refractivity contribution in [3.8, 4) is 0 Å². The Hall–Kier alpha value is -3.50. The molecule has 3 aromatic rings. The molecule has 2 N–H and O–H groups in total. The van der Waals surface area contributed by atoms with Gasteiger partial charge in [-0.1, -0.05) is 18.1 Å². The van der Waals surface area contributed by atoms with Crippen molar-refractivity contribution in [2.45, 2.75) is 33.9 Å². The smallest absolute Gasteiger partial charge is 0.256 e. The Kier molecular flexibility index (Phi) is 7.85. The summed E-state index contributed by atoms with van der Waals surface area (Å²) in [6.45, 7) is 8.77. The van der Waals surface area contributed by atoms with Crippen molar-refractivity contribution >= 4 is 28.5 Å². The second-order valence-electron chi connectivity index (χ2n) is 9.12. The number of aromatic nitrogens is 1. The molecule has 0 saturated carbocycles. The SMILES string of the molecule is CCNCCNC(=O)CN(CC(=O)N(C)N1Cc2ccc(F)cc2C1)c1cc2c(C)noc2cc1C. The Morgan fingerprint density at radius 1 is 1.11 bits per heavy atom. The summed E-state index contributed by atoms with van der Waals surface area (Å²) in [6.07, 6.45) is 0. The monoisotopic (exact) mass is 496 g/mol. The lowest BCUT2D eigenvalue weighted by atomic mass is 10.1. The van der Waals surface area contributed by atoms with E-state index in [1.54, 1.807) is 23.0 Å². The number of hydrogen-bond donors (Lipinski definition) is 2. The van der Waals surface area contributed by atoms with Crippen molar-refractivity contribution in [2.75, 3.05) is 44.7 Å². The lowest BCUT2D eigenvalue weighted by molar-refractivity contribution is -0.145. The van der Waals surface area contributed by atoms with Crippen LogP contribution in [0.25, 0.3) is 11.0 Å². The standard InChI is InChI=1S/C26H33FN6O3/c1-5-28-8-9-29-25(34)15-32(23-12-22-18(3)30-36-24(22)10-17(23)2)16-26(35)31(4)33-13-19-6-7-21(27)11-20(19)14-33/h6-7,10-12,28H,5,8-9,13-16H2,1-4H3,(H,29,34). The van der Waals surface area contributed by atoms with Crippen molar-refractivity contribution in [1.82, 2.24) is 25.8 Å². The second kappa shape index (κ2) is 11.0. The van der Waals surface area contributed by atoms with Gasteiger partial charge in [0.15, 0.2) is 5.58 Å². The molecule has 2 amide bonds. The number of amides is 2. The van der Waals surface area contributed by atoms with Crippen molar-refractivity contribution in [2.24, 2.45) is 0 Å². The number of halogens is 1. The van der Waals surface area contributed by atoms with Crippen LogP contribution in [0, 0.1) is 19.7 Å². The average molecular weight is 497 g/mol. The van der Waals surface area contributed by atoms with Crippen LogP contribution in [0.3, 0.4) is 0 Å². The van der Waals surface area contributed by atoms with Gasteiger partial charge < -0.3 is 20.1 Å². The van der Waals surface area contributed by atoms with Crippen molar-refractivity contribution in [3.05, 3.63) is 58.5 Å². The van der Waals surface area contributed by atoms with E-state index in [4.69, 9.17) is 4.52 Å². The summed E-state index contributed by atoms with van der Waals surface area (Å²) in [5, 5.41) is 14.4. The third-order valence-corrected chi connectivity index (χ3v) is 6.50.